The van der Waals surface area contributed by atoms with Crippen LogP contribution in [0.25, 0.3) is 0 Å². The van der Waals surface area contributed by atoms with Gasteiger partial charge in [0, 0.05) is 5.02 Å². The summed E-state index contributed by atoms with van der Waals surface area (Å²) in [5.41, 5.74) is 1.63. The lowest BCUT2D eigenvalue weighted by Gasteiger charge is -2.10. The summed E-state index contributed by atoms with van der Waals surface area (Å²) < 4.78 is 1.68. The lowest BCUT2D eigenvalue weighted by atomic mass is 10.2. The van der Waals surface area contributed by atoms with Crippen LogP contribution in [0, 0.1) is 0 Å². The summed E-state index contributed by atoms with van der Waals surface area (Å²) in [5.74, 6) is 0.373. The molecule has 3 aromatic rings. The molecule has 3 rings (SSSR count). The molecule has 1 heterocycles. The maximum Gasteiger partial charge on any atom is 0.248 e. The normalized spacial score (nSPS) is 10.5. The average molecular weight is 413 g/mol. The number of aromatic nitrogens is 3. The first kappa shape index (κ1) is 17.9. The van der Waals surface area contributed by atoms with Crippen molar-refractivity contribution in [2.45, 2.75) is 6.54 Å². The van der Waals surface area contributed by atoms with Crippen LogP contribution in [0.2, 0.25) is 15.1 Å². The lowest BCUT2D eigenvalue weighted by molar-refractivity contribution is 0.687. The Morgan fingerprint density at radius 3 is 2.68 bits per heavy atom. The zero-order chi connectivity index (χ0) is 17.8. The predicted octanol–water partition coefficient (Wildman–Crippen LogP) is 5.10. The highest BCUT2D eigenvalue weighted by Gasteiger charge is 2.08. The van der Waals surface area contributed by atoms with Gasteiger partial charge in [-0.15, -0.1) is 5.10 Å². The monoisotopic (exact) mass is 411 g/mol. The molecule has 128 valence electrons. The minimum absolute atomic E-state index is 0.310. The zero-order valence-corrected chi connectivity index (χ0v) is 15.8. The molecule has 0 bridgehead atoms. The van der Waals surface area contributed by atoms with E-state index < -0.39 is 0 Å². The van der Waals surface area contributed by atoms with Crippen molar-refractivity contribution >= 4 is 63.8 Å². The fourth-order valence-electron chi connectivity index (χ4n) is 2.11. The van der Waals surface area contributed by atoms with Crippen LogP contribution in [-0.2, 0) is 6.54 Å². The molecule has 0 aliphatic rings. The molecule has 0 spiro atoms. The van der Waals surface area contributed by atoms with Gasteiger partial charge >= 0.3 is 0 Å². The second kappa shape index (κ2) is 8.01. The van der Waals surface area contributed by atoms with Gasteiger partial charge in [-0.25, -0.2) is 9.67 Å². The number of hydrogen-bond donors (Lipinski definition) is 2. The van der Waals surface area contributed by atoms with Gasteiger partial charge in [0.15, 0.2) is 5.11 Å². The van der Waals surface area contributed by atoms with Crippen LogP contribution in [-0.4, -0.2) is 19.9 Å². The van der Waals surface area contributed by atoms with E-state index >= 15 is 0 Å². The van der Waals surface area contributed by atoms with Crippen molar-refractivity contribution in [1.82, 2.24) is 14.8 Å². The number of thiocarbonyl (C=S) groups is 1. The third-order valence-corrected chi connectivity index (χ3v) is 4.45. The predicted molar refractivity (Wildman–Crippen MR) is 107 cm³/mol. The van der Waals surface area contributed by atoms with Crippen LogP contribution in [0.5, 0.6) is 0 Å². The Kier molecular flexibility index (Phi) is 5.75. The number of rotatable bonds is 4. The minimum atomic E-state index is 0.310. The van der Waals surface area contributed by atoms with Gasteiger partial charge in [0.05, 0.1) is 22.3 Å². The van der Waals surface area contributed by atoms with Crippen molar-refractivity contribution in [3.63, 3.8) is 0 Å². The first-order chi connectivity index (χ1) is 12.0. The maximum absolute atomic E-state index is 6.12. The summed E-state index contributed by atoms with van der Waals surface area (Å²) in [7, 11) is 0. The molecule has 0 saturated heterocycles. The molecule has 2 aromatic carbocycles. The van der Waals surface area contributed by atoms with E-state index in [0.29, 0.717) is 38.4 Å². The Bertz CT molecular complexity index is 912. The van der Waals surface area contributed by atoms with Crippen LogP contribution >= 0.6 is 47.0 Å². The van der Waals surface area contributed by atoms with E-state index in [2.05, 4.69) is 20.7 Å². The topological polar surface area (TPSA) is 54.8 Å². The molecular weight excluding hydrogens is 401 g/mol. The Labute approximate surface area is 164 Å². The molecular formula is C16H12Cl3N5S. The standard InChI is InChI=1S/C16H12Cl3N5S/c17-11-4-1-3-10(7-11)8-24-9-20-15(23-24)22-16(25)21-13-6-2-5-12(18)14(13)19/h1-7,9H,8H2,(H2,21,22,23,25). The van der Waals surface area contributed by atoms with Crippen LogP contribution in [0.1, 0.15) is 5.56 Å². The summed E-state index contributed by atoms with van der Waals surface area (Å²) in [6.45, 7) is 0.551. The number of hydrogen-bond acceptors (Lipinski definition) is 3. The third kappa shape index (κ3) is 4.83. The molecule has 1 aromatic heterocycles. The summed E-state index contributed by atoms with van der Waals surface area (Å²) >= 11 is 23.3. The number of nitrogens with one attached hydrogen (secondary N) is 2. The van der Waals surface area contributed by atoms with Crippen molar-refractivity contribution in [1.29, 1.82) is 0 Å². The number of benzene rings is 2. The van der Waals surface area contributed by atoms with Crippen LogP contribution in [0.4, 0.5) is 11.6 Å². The summed E-state index contributed by atoms with van der Waals surface area (Å²) in [4.78, 5) is 4.18. The molecule has 0 aliphatic heterocycles. The first-order valence-electron chi connectivity index (χ1n) is 7.17. The molecule has 2 N–H and O–H groups in total. The maximum atomic E-state index is 6.12. The van der Waals surface area contributed by atoms with E-state index in [4.69, 9.17) is 47.0 Å². The lowest BCUT2D eigenvalue weighted by Crippen LogP contribution is -2.20. The highest BCUT2D eigenvalue weighted by molar-refractivity contribution is 7.80. The van der Waals surface area contributed by atoms with Crippen molar-refractivity contribution < 1.29 is 0 Å². The van der Waals surface area contributed by atoms with Gasteiger partial charge < -0.3 is 5.32 Å². The SMILES string of the molecule is S=C(Nc1ncn(Cc2cccc(Cl)c2)n1)Nc1cccc(Cl)c1Cl. The van der Waals surface area contributed by atoms with E-state index in [9.17, 15) is 0 Å². The van der Waals surface area contributed by atoms with Crippen molar-refractivity contribution in [2.24, 2.45) is 0 Å². The first-order valence-corrected chi connectivity index (χ1v) is 8.71. The highest BCUT2D eigenvalue weighted by Crippen LogP contribution is 2.29. The minimum Gasteiger partial charge on any atom is -0.331 e. The second-order valence-electron chi connectivity index (χ2n) is 5.08. The number of halogens is 3. The second-order valence-corrected chi connectivity index (χ2v) is 6.71. The van der Waals surface area contributed by atoms with Gasteiger partial charge in [0.25, 0.3) is 0 Å². The molecule has 0 saturated carbocycles. The fraction of sp³-hybridized carbons (Fsp3) is 0.0625. The summed E-state index contributed by atoms with van der Waals surface area (Å²) in [6.07, 6.45) is 1.61. The smallest absolute Gasteiger partial charge is 0.248 e. The molecule has 5 nitrogen and oxygen atoms in total. The number of anilines is 2. The molecule has 0 unspecified atom stereocenters. The van der Waals surface area contributed by atoms with Crippen LogP contribution < -0.4 is 10.6 Å². The Morgan fingerprint density at radius 2 is 1.88 bits per heavy atom. The van der Waals surface area contributed by atoms with Gasteiger partial charge in [-0.2, -0.15) is 0 Å². The van der Waals surface area contributed by atoms with Crippen molar-refractivity contribution in [3.05, 3.63) is 69.4 Å². The Morgan fingerprint density at radius 1 is 1.08 bits per heavy atom. The molecule has 25 heavy (non-hydrogen) atoms. The van der Waals surface area contributed by atoms with Crippen molar-refractivity contribution in [3.8, 4) is 0 Å². The van der Waals surface area contributed by atoms with E-state index in [1.165, 1.54) is 0 Å². The van der Waals surface area contributed by atoms with Crippen molar-refractivity contribution in [2.75, 3.05) is 10.6 Å². The fourth-order valence-corrected chi connectivity index (χ4v) is 2.87. The largest absolute Gasteiger partial charge is 0.331 e. The zero-order valence-electron chi connectivity index (χ0n) is 12.7. The highest BCUT2D eigenvalue weighted by atomic mass is 35.5. The molecule has 0 atom stereocenters. The van der Waals surface area contributed by atoms with E-state index in [1.54, 1.807) is 29.2 Å². The van der Waals surface area contributed by atoms with Gasteiger partial charge in [-0.05, 0) is 42.0 Å². The molecule has 9 heteroatoms. The van der Waals surface area contributed by atoms with E-state index in [0.717, 1.165) is 5.56 Å². The van der Waals surface area contributed by atoms with Crippen LogP contribution in [0.15, 0.2) is 48.8 Å². The molecule has 0 fully saturated rings. The Hall–Kier alpha value is -1.86. The summed E-state index contributed by atoms with van der Waals surface area (Å²) in [6, 6.07) is 12.8. The van der Waals surface area contributed by atoms with Gasteiger partial charge in [-0.3, -0.25) is 5.32 Å². The quantitative estimate of drug-likeness (QED) is 0.584. The average Bonchev–Trinajstić information content (AvgIpc) is 2.98. The Balaban J connectivity index is 1.63. The van der Waals surface area contributed by atoms with E-state index in [-0.39, 0.29) is 0 Å². The number of nitrogens with zero attached hydrogens (tertiary/aromatic N) is 3. The van der Waals surface area contributed by atoms with Gasteiger partial charge in [-0.1, -0.05) is 53.0 Å². The molecule has 0 radical (unpaired) electrons. The van der Waals surface area contributed by atoms with Crippen LogP contribution in [0.3, 0.4) is 0 Å². The molecule has 0 aliphatic carbocycles. The third-order valence-electron chi connectivity index (χ3n) is 3.20. The summed E-state index contributed by atoms with van der Waals surface area (Å²) in [5, 5.41) is 12.0. The van der Waals surface area contributed by atoms with E-state index in [1.807, 2.05) is 24.3 Å². The molecule has 0 amide bonds. The van der Waals surface area contributed by atoms with Gasteiger partial charge in [0.1, 0.15) is 6.33 Å². The van der Waals surface area contributed by atoms with Gasteiger partial charge in [0.2, 0.25) is 5.95 Å².